The lowest BCUT2D eigenvalue weighted by atomic mass is 9.86. The number of piperidine rings is 1. The van der Waals surface area contributed by atoms with Crippen LogP contribution in [0.1, 0.15) is 6.42 Å². The lowest BCUT2D eigenvalue weighted by molar-refractivity contribution is -0.136. The molecule has 2 fully saturated rings. The Balaban J connectivity index is 2.24. The van der Waals surface area contributed by atoms with E-state index in [-0.39, 0.29) is 12.5 Å². The molecule has 0 aromatic rings. The van der Waals surface area contributed by atoms with E-state index in [2.05, 4.69) is 10.6 Å². The summed E-state index contributed by atoms with van der Waals surface area (Å²) in [7, 11) is 0. The van der Waals surface area contributed by atoms with Crippen LogP contribution < -0.4 is 10.6 Å². The van der Waals surface area contributed by atoms with Crippen LogP contribution in [0.15, 0.2) is 0 Å². The van der Waals surface area contributed by atoms with Crippen LogP contribution in [-0.4, -0.2) is 31.2 Å². The minimum Gasteiger partial charge on any atom is -0.353 e. The molecule has 0 radical (unpaired) electrons. The van der Waals surface area contributed by atoms with Crippen molar-refractivity contribution in [2.45, 2.75) is 12.1 Å². The number of alkyl halides is 1. The van der Waals surface area contributed by atoms with Gasteiger partial charge in [0.05, 0.1) is 0 Å². The molecule has 0 spiro atoms. The van der Waals surface area contributed by atoms with E-state index in [1.807, 2.05) is 0 Å². The molecule has 0 aromatic carbocycles. The topological polar surface area (TPSA) is 41.1 Å². The fraction of sp³-hybridized carbons (Fsp3) is 0.857. The first-order valence-corrected chi connectivity index (χ1v) is 3.91. The minimum atomic E-state index is -1.61. The molecule has 1 amide bonds. The van der Waals surface area contributed by atoms with Crippen molar-refractivity contribution in [2.24, 2.45) is 5.92 Å². The molecule has 0 bridgehead atoms. The summed E-state index contributed by atoms with van der Waals surface area (Å²) in [5.74, 6) is -0.532. The van der Waals surface area contributed by atoms with E-state index in [0.717, 1.165) is 6.42 Å². The van der Waals surface area contributed by atoms with Gasteiger partial charge in [-0.25, -0.2) is 4.39 Å². The smallest absolute Gasteiger partial charge is 0.259 e. The second kappa shape index (κ2) is 2.17. The molecule has 2 heterocycles. The van der Waals surface area contributed by atoms with Gasteiger partial charge >= 0.3 is 0 Å². The van der Waals surface area contributed by atoms with Gasteiger partial charge in [-0.2, -0.15) is 0 Å². The molecule has 4 heteroatoms. The van der Waals surface area contributed by atoms with Gasteiger partial charge in [0.2, 0.25) is 5.67 Å². The van der Waals surface area contributed by atoms with Crippen molar-refractivity contribution in [2.75, 3.05) is 19.6 Å². The number of hydrogen-bond acceptors (Lipinski definition) is 2. The van der Waals surface area contributed by atoms with Crippen LogP contribution >= 0.6 is 0 Å². The Morgan fingerprint density at radius 1 is 1.64 bits per heavy atom. The monoisotopic (exact) mass is 158 g/mol. The van der Waals surface area contributed by atoms with Gasteiger partial charge in [-0.3, -0.25) is 4.79 Å². The average molecular weight is 158 g/mol. The molecule has 3 nitrogen and oxygen atoms in total. The van der Waals surface area contributed by atoms with Crippen LogP contribution in [0.3, 0.4) is 0 Å². The maximum Gasteiger partial charge on any atom is 0.259 e. The third kappa shape index (κ3) is 0.854. The van der Waals surface area contributed by atoms with Crippen LogP contribution in [-0.2, 0) is 4.79 Å². The molecular weight excluding hydrogens is 147 g/mol. The van der Waals surface area contributed by atoms with Crippen LogP contribution in [0.5, 0.6) is 0 Å². The molecule has 62 valence electrons. The second-order valence-corrected chi connectivity index (χ2v) is 3.23. The highest BCUT2D eigenvalue weighted by molar-refractivity contribution is 5.87. The molecule has 2 N–H and O–H groups in total. The fourth-order valence-electron chi connectivity index (χ4n) is 1.84. The molecule has 11 heavy (non-hydrogen) atoms. The predicted molar refractivity (Wildman–Crippen MR) is 37.8 cm³/mol. The molecule has 0 aliphatic carbocycles. The normalized spacial score (nSPS) is 43.4. The summed E-state index contributed by atoms with van der Waals surface area (Å²) in [6.45, 7) is 1.45. The third-order valence-corrected chi connectivity index (χ3v) is 2.58. The lowest BCUT2D eigenvalue weighted by Gasteiger charge is -2.29. The Labute approximate surface area is 64.3 Å². The predicted octanol–water partition coefficient (Wildman–Crippen LogP) is -0.566. The van der Waals surface area contributed by atoms with Crippen molar-refractivity contribution in [3.8, 4) is 0 Å². The van der Waals surface area contributed by atoms with E-state index in [0.29, 0.717) is 13.1 Å². The van der Waals surface area contributed by atoms with E-state index in [1.165, 1.54) is 0 Å². The minimum absolute atomic E-state index is 0.101. The largest absolute Gasteiger partial charge is 0.353 e. The van der Waals surface area contributed by atoms with Gasteiger partial charge in [-0.1, -0.05) is 0 Å². The Bertz CT molecular complexity index is 197. The summed E-state index contributed by atoms with van der Waals surface area (Å²) < 4.78 is 13.7. The van der Waals surface area contributed by atoms with Crippen LogP contribution in [0.25, 0.3) is 0 Å². The molecule has 2 aliphatic rings. The first kappa shape index (κ1) is 7.03. The number of hydrogen-bond donors (Lipinski definition) is 2. The van der Waals surface area contributed by atoms with Crippen LogP contribution in [0.2, 0.25) is 0 Å². The van der Waals surface area contributed by atoms with Gasteiger partial charge in [-0.15, -0.1) is 0 Å². The van der Waals surface area contributed by atoms with Gasteiger partial charge < -0.3 is 10.6 Å². The number of halogens is 1. The van der Waals surface area contributed by atoms with Crippen molar-refractivity contribution < 1.29 is 9.18 Å². The highest BCUT2D eigenvalue weighted by atomic mass is 19.1. The SMILES string of the molecule is O=C1NCC[C@@H]2CNC[C@]12F. The van der Waals surface area contributed by atoms with E-state index in [4.69, 9.17) is 0 Å². The molecular formula is C7H11FN2O. The van der Waals surface area contributed by atoms with Crippen molar-refractivity contribution >= 4 is 5.91 Å². The lowest BCUT2D eigenvalue weighted by Crippen LogP contribution is -2.53. The second-order valence-electron chi connectivity index (χ2n) is 3.23. The number of carbonyl (C=O) groups is 1. The van der Waals surface area contributed by atoms with Gasteiger partial charge in [0.25, 0.3) is 5.91 Å². The summed E-state index contributed by atoms with van der Waals surface area (Å²) in [6.07, 6.45) is 0.759. The zero-order valence-corrected chi connectivity index (χ0v) is 6.19. The first-order valence-electron chi connectivity index (χ1n) is 3.91. The summed E-state index contributed by atoms with van der Waals surface area (Å²) >= 11 is 0. The summed E-state index contributed by atoms with van der Waals surface area (Å²) in [5.41, 5.74) is -1.61. The van der Waals surface area contributed by atoms with Gasteiger partial charge in [-0.05, 0) is 6.42 Å². The number of fused-ring (bicyclic) bond motifs is 1. The zero-order valence-electron chi connectivity index (χ0n) is 6.19. The van der Waals surface area contributed by atoms with Gasteiger partial charge in [0.1, 0.15) is 0 Å². The first-order chi connectivity index (χ1) is 5.23. The van der Waals surface area contributed by atoms with Crippen molar-refractivity contribution in [1.29, 1.82) is 0 Å². The van der Waals surface area contributed by atoms with Crippen molar-refractivity contribution in [3.63, 3.8) is 0 Å². The summed E-state index contributed by atoms with van der Waals surface area (Å²) in [6, 6.07) is 0. The Morgan fingerprint density at radius 3 is 3.18 bits per heavy atom. The molecule has 2 atom stereocenters. The molecule has 0 saturated carbocycles. The van der Waals surface area contributed by atoms with E-state index in [9.17, 15) is 9.18 Å². The maximum atomic E-state index is 13.7. The Hall–Kier alpha value is -0.640. The quantitative estimate of drug-likeness (QED) is 0.496. The Morgan fingerprint density at radius 2 is 2.45 bits per heavy atom. The van der Waals surface area contributed by atoms with Crippen LogP contribution in [0.4, 0.5) is 4.39 Å². The molecule has 0 aromatic heterocycles. The highest BCUT2D eigenvalue weighted by Crippen LogP contribution is 2.31. The standard InChI is InChI=1S/C7H11FN2O/c8-7-4-9-3-5(7)1-2-10-6(7)11/h5,9H,1-4H2,(H,10,11)/t5-,7-/m1/s1. The van der Waals surface area contributed by atoms with Gasteiger partial charge in [0, 0.05) is 25.6 Å². The van der Waals surface area contributed by atoms with Crippen LogP contribution in [0, 0.1) is 5.92 Å². The van der Waals surface area contributed by atoms with E-state index in [1.54, 1.807) is 0 Å². The Kier molecular flexibility index (Phi) is 1.39. The van der Waals surface area contributed by atoms with Crippen molar-refractivity contribution in [1.82, 2.24) is 10.6 Å². The number of amides is 1. The van der Waals surface area contributed by atoms with E-state index < -0.39 is 11.6 Å². The third-order valence-electron chi connectivity index (χ3n) is 2.58. The highest BCUT2D eigenvalue weighted by Gasteiger charge is 2.51. The fourth-order valence-corrected chi connectivity index (χ4v) is 1.84. The zero-order chi connectivity index (χ0) is 7.90. The van der Waals surface area contributed by atoms with E-state index >= 15 is 0 Å². The summed E-state index contributed by atoms with van der Waals surface area (Å²) in [4.78, 5) is 11.1. The molecule has 2 rings (SSSR count). The maximum absolute atomic E-state index is 13.7. The average Bonchev–Trinajstić information content (AvgIpc) is 2.34. The number of nitrogens with one attached hydrogen (secondary N) is 2. The number of carbonyl (C=O) groups excluding carboxylic acids is 1. The molecule has 2 saturated heterocycles. The number of rotatable bonds is 0. The molecule has 2 aliphatic heterocycles. The van der Waals surface area contributed by atoms with Crippen molar-refractivity contribution in [3.05, 3.63) is 0 Å². The summed E-state index contributed by atoms with van der Waals surface area (Å²) in [5, 5.41) is 5.44. The molecule has 0 unspecified atom stereocenters. The van der Waals surface area contributed by atoms with Gasteiger partial charge in [0.15, 0.2) is 0 Å².